The van der Waals surface area contributed by atoms with Gasteiger partial charge in [0.15, 0.2) is 0 Å². The highest BCUT2D eigenvalue weighted by Gasteiger charge is 2.42. The van der Waals surface area contributed by atoms with Gasteiger partial charge < -0.3 is 10.6 Å². The van der Waals surface area contributed by atoms with Crippen LogP contribution in [-0.2, 0) is 0 Å². The number of amides is 1. The van der Waals surface area contributed by atoms with Crippen molar-refractivity contribution in [2.45, 2.75) is 25.8 Å². The number of likely N-dealkylation sites (tertiary alicyclic amines) is 1. The predicted octanol–water partition coefficient (Wildman–Crippen LogP) is 3.12. The molecular formula is C18H20BrN3O. The Labute approximate surface area is 144 Å². The molecule has 3 unspecified atom stereocenters. The summed E-state index contributed by atoms with van der Waals surface area (Å²) in [5.41, 5.74) is 8.69. The van der Waals surface area contributed by atoms with Crippen LogP contribution in [0, 0.1) is 18.8 Å². The number of hydrogen-bond donors (Lipinski definition) is 1. The zero-order valence-electron chi connectivity index (χ0n) is 13.1. The van der Waals surface area contributed by atoms with Gasteiger partial charge in [0.25, 0.3) is 5.91 Å². The number of halogens is 1. The summed E-state index contributed by atoms with van der Waals surface area (Å²) in [6, 6.07) is 8.07. The third-order valence-corrected chi connectivity index (χ3v) is 5.82. The largest absolute Gasteiger partial charge is 0.338 e. The third kappa shape index (κ3) is 2.56. The maximum absolute atomic E-state index is 13.1. The summed E-state index contributed by atoms with van der Waals surface area (Å²) < 4.78 is 0.975. The number of nitrogens with two attached hydrogens (primary N) is 1. The van der Waals surface area contributed by atoms with Crippen LogP contribution < -0.4 is 5.73 Å². The summed E-state index contributed by atoms with van der Waals surface area (Å²) in [5, 5.41) is 0.921. The van der Waals surface area contributed by atoms with Crippen molar-refractivity contribution in [3.05, 3.63) is 40.0 Å². The van der Waals surface area contributed by atoms with E-state index in [4.69, 9.17) is 5.73 Å². The van der Waals surface area contributed by atoms with Crippen LogP contribution in [0.4, 0.5) is 0 Å². The quantitative estimate of drug-likeness (QED) is 0.835. The number of pyridine rings is 1. The number of fused-ring (bicyclic) bond motifs is 2. The molecule has 5 heteroatoms. The van der Waals surface area contributed by atoms with Gasteiger partial charge in [-0.3, -0.25) is 9.78 Å². The zero-order chi connectivity index (χ0) is 16.1. The first-order valence-corrected chi connectivity index (χ1v) is 8.94. The molecule has 23 heavy (non-hydrogen) atoms. The minimum Gasteiger partial charge on any atom is -0.338 e. The lowest BCUT2D eigenvalue weighted by Gasteiger charge is -2.20. The number of carbonyl (C=O) groups is 1. The first kappa shape index (κ1) is 15.1. The van der Waals surface area contributed by atoms with E-state index in [0.29, 0.717) is 11.8 Å². The van der Waals surface area contributed by atoms with Gasteiger partial charge in [-0.1, -0.05) is 22.0 Å². The smallest absolute Gasteiger partial charge is 0.254 e. The van der Waals surface area contributed by atoms with E-state index in [0.717, 1.165) is 52.6 Å². The number of hydrogen-bond acceptors (Lipinski definition) is 3. The molecule has 1 aromatic carbocycles. The molecule has 2 aromatic rings. The van der Waals surface area contributed by atoms with Gasteiger partial charge in [-0.2, -0.15) is 0 Å². The molecule has 4 nitrogen and oxygen atoms in total. The van der Waals surface area contributed by atoms with E-state index < -0.39 is 0 Å². The van der Waals surface area contributed by atoms with Crippen LogP contribution in [0.15, 0.2) is 28.7 Å². The molecule has 2 fully saturated rings. The van der Waals surface area contributed by atoms with Crippen molar-refractivity contribution in [1.29, 1.82) is 0 Å². The van der Waals surface area contributed by atoms with E-state index in [-0.39, 0.29) is 11.9 Å². The van der Waals surface area contributed by atoms with Gasteiger partial charge in [0, 0.05) is 34.7 Å². The van der Waals surface area contributed by atoms with Crippen molar-refractivity contribution in [3.8, 4) is 0 Å². The van der Waals surface area contributed by atoms with Crippen molar-refractivity contribution < 1.29 is 4.79 Å². The highest BCUT2D eigenvalue weighted by atomic mass is 79.9. The second-order valence-electron chi connectivity index (χ2n) is 6.85. The van der Waals surface area contributed by atoms with E-state index in [9.17, 15) is 4.79 Å². The lowest BCUT2D eigenvalue weighted by molar-refractivity contribution is 0.0781. The molecule has 2 heterocycles. The molecule has 1 saturated carbocycles. The van der Waals surface area contributed by atoms with Crippen LogP contribution in [0.25, 0.3) is 10.9 Å². The zero-order valence-corrected chi connectivity index (χ0v) is 14.7. The minimum atomic E-state index is 0.115. The molecule has 4 rings (SSSR count). The fourth-order valence-corrected chi connectivity index (χ4v) is 4.50. The second kappa shape index (κ2) is 5.56. The lowest BCUT2D eigenvalue weighted by atomic mass is 9.98. The number of aryl methyl sites for hydroxylation is 1. The predicted molar refractivity (Wildman–Crippen MR) is 94.3 cm³/mol. The van der Waals surface area contributed by atoms with Crippen molar-refractivity contribution in [2.24, 2.45) is 17.6 Å². The number of rotatable bonds is 1. The maximum atomic E-state index is 13.1. The van der Waals surface area contributed by atoms with Gasteiger partial charge in [-0.15, -0.1) is 0 Å². The highest BCUT2D eigenvalue weighted by molar-refractivity contribution is 9.10. The molecule has 1 saturated heterocycles. The second-order valence-corrected chi connectivity index (χ2v) is 7.76. The van der Waals surface area contributed by atoms with E-state index in [2.05, 4.69) is 20.9 Å². The van der Waals surface area contributed by atoms with Gasteiger partial charge in [0.1, 0.15) is 0 Å². The van der Waals surface area contributed by atoms with Crippen molar-refractivity contribution >= 4 is 32.7 Å². The molecule has 1 aromatic heterocycles. The van der Waals surface area contributed by atoms with Gasteiger partial charge in [0.05, 0.1) is 11.1 Å². The van der Waals surface area contributed by atoms with Crippen LogP contribution in [0.1, 0.15) is 28.9 Å². The van der Waals surface area contributed by atoms with Crippen molar-refractivity contribution in [2.75, 3.05) is 13.1 Å². The molecular weight excluding hydrogens is 354 g/mol. The highest BCUT2D eigenvalue weighted by Crippen LogP contribution is 2.38. The number of carbonyl (C=O) groups excluding carboxylic acids is 1. The SMILES string of the molecule is Cc1cc(C(=O)N2CC3CCC(N)C3C2)c2ccc(Br)cc2n1. The standard InChI is InChI=1S/C18H20BrN3O/c1-10-6-14(13-4-3-12(19)7-17(13)21-10)18(23)22-8-11-2-5-16(20)15(11)9-22/h3-4,6-7,11,15-16H,2,5,8-9,20H2,1H3. The topological polar surface area (TPSA) is 59.2 Å². The number of nitrogens with zero attached hydrogens (tertiary/aromatic N) is 2. The van der Waals surface area contributed by atoms with Crippen LogP contribution >= 0.6 is 15.9 Å². The van der Waals surface area contributed by atoms with Crippen LogP contribution in [0.2, 0.25) is 0 Å². The fraction of sp³-hybridized carbons (Fsp3) is 0.444. The average Bonchev–Trinajstić information content (AvgIpc) is 3.08. The average molecular weight is 374 g/mol. The molecule has 0 bridgehead atoms. The fourth-order valence-electron chi connectivity index (χ4n) is 4.15. The van der Waals surface area contributed by atoms with Crippen molar-refractivity contribution in [3.63, 3.8) is 0 Å². The van der Waals surface area contributed by atoms with E-state index in [1.807, 2.05) is 36.1 Å². The Morgan fingerprint density at radius 3 is 2.91 bits per heavy atom. The number of aromatic nitrogens is 1. The molecule has 120 valence electrons. The molecule has 1 aliphatic carbocycles. The first-order valence-electron chi connectivity index (χ1n) is 8.14. The molecule has 0 radical (unpaired) electrons. The van der Waals surface area contributed by atoms with Crippen LogP contribution in [0.5, 0.6) is 0 Å². The van der Waals surface area contributed by atoms with Gasteiger partial charge in [-0.05, 0) is 49.8 Å². The summed E-state index contributed by atoms with van der Waals surface area (Å²) >= 11 is 3.47. The Morgan fingerprint density at radius 1 is 1.30 bits per heavy atom. The maximum Gasteiger partial charge on any atom is 0.254 e. The molecule has 3 atom stereocenters. The third-order valence-electron chi connectivity index (χ3n) is 5.33. The number of benzene rings is 1. The Bertz CT molecular complexity index is 786. The minimum absolute atomic E-state index is 0.115. The molecule has 2 N–H and O–H groups in total. The Morgan fingerprint density at radius 2 is 2.13 bits per heavy atom. The molecule has 1 amide bonds. The monoisotopic (exact) mass is 373 g/mol. The van der Waals surface area contributed by atoms with Crippen molar-refractivity contribution in [1.82, 2.24) is 9.88 Å². The Hall–Kier alpha value is -1.46. The lowest BCUT2D eigenvalue weighted by Crippen LogP contribution is -2.33. The first-order chi connectivity index (χ1) is 11.0. The van der Waals surface area contributed by atoms with Gasteiger partial charge >= 0.3 is 0 Å². The van der Waals surface area contributed by atoms with Gasteiger partial charge in [-0.25, -0.2) is 0 Å². The van der Waals surface area contributed by atoms with Crippen LogP contribution in [0.3, 0.4) is 0 Å². The molecule has 2 aliphatic rings. The molecule has 1 aliphatic heterocycles. The van der Waals surface area contributed by atoms with Crippen LogP contribution in [-0.4, -0.2) is 34.9 Å². The normalized spacial score (nSPS) is 26.7. The van der Waals surface area contributed by atoms with E-state index in [1.54, 1.807) is 0 Å². The van der Waals surface area contributed by atoms with E-state index in [1.165, 1.54) is 0 Å². The Kier molecular flexibility index (Phi) is 3.65. The van der Waals surface area contributed by atoms with Gasteiger partial charge in [0.2, 0.25) is 0 Å². The molecule has 0 spiro atoms. The summed E-state index contributed by atoms with van der Waals surface area (Å²) in [5.74, 6) is 1.17. The summed E-state index contributed by atoms with van der Waals surface area (Å²) in [4.78, 5) is 19.6. The summed E-state index contributed by atoms with van der Waals surface area (Å²) in [6.45, 7) is 3.58. The summed E-state index contributed by atoms with van der Waals surface area (Å²) in [6.07, 6.45) is 2.25. The van der Waals surface area contributed by atoms with E-state index >= 15 is 0 Å². The Balaban J connectivity index is 1.70. The summed E-state index contributed by atoms with van der Waals surface area (Å²) in [7, 11) is 0.